The zero-order valence-corrected chi connectivity index (χ0v) is 21.6. The van der Waals surface area contributed by atoms with Crippen LogP contribution in [0.5, 0.6) is 0 Å². The molecule has 0 aliphatic heterocycles. The maximum atomic E-state index is 6.39. The minimum Gasteiger partial charge on any atom is -0.373 e. The van der Waals surface area contributed by atoms with Gasteiger partial charge in [-0.25, -0.2) is 4.98 Å². The van der Waals surface area contributed by atoms with Crippen molar-refractivity contribution in [3.63, 3.8) is 0 Å². The van der Waals surface area contributed by atoms with Gasteiger partial charge in [0.1, 0.15) is 6.33 Å². The van der Waals surface area contributed by atoms with Gasteiger partial charge in [0, 0.05) is 23.5 Å². The number of hydrogen-bond donors (Lipinski definition) is 0. The second-order valence-electron chi connectivity index (χ2n) is 12.2. The number of hydrogen-bond acceptors (Lipinski definition) is 3. The van der Waals surface area contributed by atoms with Crippen LogP contribution >= 0.6 is 0 Å². The van der Waals surface area contributed by atoms with Gasteiger partial charge in [0.15, 0.2) is 0 Å². The van der Waals surface area contributed by atoms with E-state index in [0.29, 0.717) is 18.1 Å². The molecule has 4 aliphatic rings. The number of fused-ring (bicyclic) bond motifs is 6. The number of rotatable bonds is 4. The normalized spacial score (nSPS) is 35.5. The van der Waals surface area contributed by atoms with Gasteiger partial charge in [-0.2, -0.15) is 0 Å². The predicted molar refractivity (Wildman–Crippen MR) is 144 cm³/mol. The van der Waals surface area contributed by atoms with Crippen LogP contribution in [0.3, 0.4) is 0 Å². The molecule has 7 rings (SSSR count). The highest BCUT2D eigenvalue weighted by atomic mass is 16.5. The zero-order valence-electron chi connectivity index (χ0n) is 21.6. The summed E-state index contributed by atoms with van der Waals surface area (Å²) in [5, 5.41) is 0. The van der Waals surface area contributed by atoms with Crippen LogP contribution in [0.25, 0.3) is 16.7 Å². The van der Waals surface area contributed by atoms with Crippen LogP contribution in [0.2, 0.25) is 0 Å². The molecule has 2 aromatic heterocycles. The Balaban J connectivity index is 1.11. The second-order valence-corrected chi connectivity index (χ2v) is 12.2. The lowest BCUT2D eigenvalue weighted by Gasteiger charge is -2.57. The average Bonchev–Trinajstić information content (AvgIpc) is 3.48. The molecule has 0 bridgehead atoms. The predicted octanol–water partition coefficient (Wildman–Crippen LogP) is 7.43. The monoisotopic (exact) mass is 479 g/mol. The number of pyridine rings is 1. The highest BCUT2D eigenvalue weighted by Gasteiger charge is 2.57. The van der Waals surface area contributed by atoms with Crippen molar-refractivity contribution in [3.05, 3.63) is 78.4 Å². The van der Waals surface area contributed by atoms with Crippen molar-refractivity contribution < 1.29 is 4.74 Å². The maximum Gasteiger partial charge on any atom is 0.100 e. The first-order valence-corrected chi connectivity index (χ1v) is 13.9. The molecule has 0 amide bonds. The number of allylic oxidation sites excluding steroid dienone is 3. The van der Waals surface area contributed by atoms with Crippen molar-refractivity contribution in [1.82, 2.24) is 14.5 Å². The molecule has 0 radical (unpaired) electrons. The highest BCUT2D eigenvalue weighted by Crippen LogP contribution is 2.65. The number of aromatic nitrogens is 3. The van der Waals surface area contributed by atoms with Gasteiger partial charge in [-0.05, 0) is 97.9 Å². The molecule has 0 saturated heterocycles. The SMILES string of the molecule is C[C@]12CC[C@H](OCc3ccncc3)CC1=CC[C@@H]1[C@@H]2CC[C@]2(C)C(n3cnc4ccccc43)=CC[C@@H]12. The average molecular weight is 480 g/mol. The fraction of sp³-hybridized carbons (Fsp3) is 0.500. The van der Waals surface area contributed by atoms with Crippen molar-refractivity contribution in [3.8, 4) is 0 Å². The van der Waals surface area contributed by atoms with E-state index in [4.69, 9.17) is 9.72 Å². The fourth-order valence-electron chi connectivity index (χ4n) is 8.53. The van der Waals surface area contributed by atoms with E-state index in [1.54, 1.807) is 5.57 Å². The summed E-state index contributed by atoms with van der Waals surface area (Å²) < 4.78 is 8.78. The van der Waals surface area contributed by atoms with Crippen LogP contribution < -0.4 is 0 Å². The first-order chi connectivity index (χ1) is 17.6. The summed E-state index contributed by atoms with van der Waals surface area (Å²) in [6, 6.07) is 12.7. The van der Waals surface area contributed by atoms with E-state index in [1.807, 2.05) is 12.4 Å². The lowest BCUT2D eigenvalue weighted by Crippen LogP contribution is -2.50. The smallest absolute Gasteiger partial charge is 0.100 e. The fourth-order valence-corrected chi connectivity index (χ4v) is 8.53. The van der Waals surface area contributed by atoms with Gasteiger partial charge in [0.2, 0.25) is 0 Å². The van der Waals surface area contributed by atoms with Gasteiger partial charge >= 0.3 is 0 Å². The van der Waals surface area contributed by atoms with E-state index in [-0.39, 0.29) is 5.41 Å². The molecule has 0 unspecified atom stereocenters. The molecule has 2 saturated carbocycles. The summed E-state index contributed by atoms with van der Waals surface area (Å²) >= 11 is 0. The molecule has 36 heavy (non-hydrogen) atoms. The highest BCUT2D eigenvalue weighted by molar-refractivity contribution is 5.80. The van der Waals surface area contributed by atoms with Gasteiger partial charge < -0.3 is 9.30 Å². The summed E-state index contributed by atoms with van der Waals surface area (Å²) in [6.07, 6.45) is 19.9. The molecule has 2 heterocycles. The third-order valence-corrected chi connectivity index (χ3v) is 10.5. The van der Waals surface area contributed by atoms with Gasteiger partial charge in [-0.1, -0.05) is 43.7 Å². The number of ether oxygens (including phenoxy) is 1. The van der Waals surface area contributed by atoms with Crippen LogP contribution in [-0.4, -0.2) is 20.6 Å². The second kappa shape index (κ2) is 8.41. The van der Waals surface area contributed by atoms with Crippen LogP contribution in [0.15, 0.2) is 72.8 Å². The molecular weight excluding hydrogens is 442 g/mol. The van der Waals surface area contributed by atoms with Crippen LogP contribution in [0.4, 0.5) is 0 Å². The van der Waals surface area contributed by atoms with E-state index in [2.05, 4.69) is 78.3 Å². The Kier molecular flexibility index (Phi) is 5.25. The van der Waals surface area contributed by atoms with Crippen LogP contribution in [0.1, 0.15) is 64.4 Å². The van der Waals surface area contributed by atoms with Crippen molar-refractivity contribution in [2.24, 2.45) is 28.6 Å². The summed E-state index contributed by atoms with van der Waals surface area (Å²) in [5.74, 6) is 2.29. The summed E-state index contributed by atoms with van der Waals surface area (Å²) in [6.45, 7) is 5.83. The van der Waals surface area contributed by atoms with Crippen molar-refractivity contribution in [2.45, 2.75) is 71.5 Å². The summed E-state index contributed by atoms with van der Waals surface area (Å²) in [4.78, 5) is 8.85. The number of para-hydroxylation sites is 2. The molecule has 2 fully saturated rings. The summed E-state index contributed by atoms with van der Waals surface area (Å²) in [5.41, 5.74) is 7.31. The lowest BCUT2D eigenvalue weighted by atomic mass is 9.47. The van der Waals surface area contributed by atoms with E-state index in [9.17, 15) is 0 Å². The third kappa shape index (κ3) is 3.37. The van der Waals surface area contributed by atoms with Gasteiger partial charge in [0.05, 0.1) is 23.7 Å². The molecule has 3 aromatic rings. The number of nitrogens with zero attached hydrogens (tertiary/aromatic N) is 3. The van der Waals surface area contributed by atoms with Gasteiger partial charge in [-0.15, -0.1) is 0 Å². The Morgan fingerprint density at radius 2 is 1.78 bits per heavy atom. The Morgan fingerprint density at radius 1 is 0.944 bits per heavy atom. The van der Waals surface area contributed by atoms with Crippen LogP contribution in [-0.2, 0) is 11.3 Å². The Bertz CT molecular complexity index is 1340. The van der Waals surface area contributed by atoms with E-state index in [0.717, 1.165) is 29.7 Å². The van der Waals surface area contributed by atoms with E-state index >= 15 is 0 Å². The van der Waals surface area contributed by atoms with Crippen molar-refractivity contribution in [2.75, 3.05) is 0 Å². The largest absolute Gasteiger partial charge is 0.373 e. The van der Waals surface area contributed by atoms with Gasteiger partial charge in [-0.3, -0.25) is 4.98 Å². The summed E-state index contributed by atoms with van der Waals surface area (Å²) in [7, 11) is 0. The standard InChI is InChI=1S/C32H37N3O/c1-31-15-11-24(36-20-22-13-17-33-18-14-22)19-23(31)7-8-25-26-9-10-30(32(26,2)16-12-27(25)31)35-21-34-28-5-3-4-6-29(28)35/h3-7,10,13-14,17-18,21,24-27H,8-9,11-12,15-16,19-20H2,1-2H3/t24-,25-,26-,27-,31-,32-/m0/s1. The molecule has 4 aliphatic carbocycles. The van der Waals surface area contributed by atoms with Crippen molar-refractivity contribution >= 4 is 16.7 Å². The molecule has 4 heteroatoms. The third-order valence-electron chi connectivity index (χ3n) is 10.5. The Labute approximate surface area is 214 Å². The minimum atomic E-state index is 0.233. The van der Waals surface area contributed by atoms with Crippen molar-refractivity contribution in [1.29, 1.82) is 0 Å². The van der Waals surface area contributed by atoms with E-state index < -0.39 is 0 Å². The molecule has 0 spiro atoms. The maximum absolute atomic E-state index is 6.39. The molecule has 4 nitrogen and oxygen atoms in total. The van der Waals surface area contributed by atoms with E-state index in [1.165, 1.54) is 55.3 Å². The lowest BCUT2D eigenvalue weighted by molar-refractivity contribution is -0.0428. The molecule has 1 aromatic carbocycles. The topological polar surface area (TPSA) is 39.9 Å². The quantitative estimate of drug-likeness (QED) is 0.365. The molecular formula is C32H37N3O. The van der Waals surface area contributed by atoms with Gasteiger partial charge in [0.25, 0.3) is 0 Å². The van der Waals surface area contributed by atoms with Crippen LogP contribution in [0, 0.1) is 28.6 Å². The molecule has 186 valence electrons. The first-order valence-electron chi connectivity index (χ1n) is 13.9. The zero-order chi connectivity index (χ0) is 24.3. The Morgan fingerprint density at radius 3 is 2.67 bits per heavy atom. The number of imidazole rings is 1. The first kappa shape index (κ1) is 22.5. The molecule has 6 atom stereocenters. The molecule has 0 N–H and O–H groups in total. The Hall–Kier alpha value is -2.72. The number of benzene rings is 1. The minimum absolute atomic E-state index is 0.233.